The van der Waals surface area contributed by atoms with E-state index in [1.54, 1.807) is 0 Å². The lowest BCUT2D eigenvalue weighted by Gasteiger charge is -2.45. The molecule has 2 rings (SSSR count). The van der Waals surface area contributed by atoms with Crippen LogP contribution in [-0.4, -0.2) is 60.5 Å². The smallest absolute Gasteiger partial charge is 0.333 e. The number of carbonyl (C=O) groups excluding carboxylic acids is 3. The minimum absolute atomic E-state index is 0.0226. The predicted octanol–water partition coefficient (Wildman–Crippen LogP) is 4.11. The molecule has 1 aliphatic carbocycles. The van der Waals surface area contributed by atoms with E-state index < -0.39 is 5.97 Å². The van der Waals surface area contributed by atoms with E-state index in [1.807, 2.05) is 26.8 Å². The van der Waals surface area contributed by atoms with Crippen molar-refractivity contribution >= 4 is 17.8 Å². The number of likely N-dealkylation sites (N-methyl/N-ethyl adjacent to an activating group) is 1. The molecular formula is C27H43N3O4. The van der Waals surface area contributed by atoms with E-state index in [9.17, 15) is 14.4 Å². The van der Waals surface area contributed by atoms with Crippen molar-refractivity contribution < 1.29 is 19.2 Å². The van der Waals surface area contributed by atoms with Crippen LogP contribution in [0.15, 0.2) is 30.3 Å². The Morgan fingerprint density at radius 2 is 1.65 bits per heavy atom. The summed E-state index contributed by atoms with van der Waals surface area (Å²) in [7, 11) is 5.74. The molecule has 0 bridgehead atoms. The van der Waals surface area contributed by atoms with E-state index in [2.05, 4.69) is 48.6 Å². The average Bonchev–Trinajstić information content (AvgIpc) is 2.74. The monoisotopic (exact) mass is 473 g/mol. The number of hydroxylamine groups is 2. The third kappa shape index (κ3) is 9.09. The van der Waals surface area contributed by atoms with Crippen LogP contribution in [0.3, 0.4) is 0 Å². The molecule has 7 nitrogen and oxygen atoms in total. The van der Waals surface area contributed by atoms with Crippen molar-refractivity contribution in [1.82, 2.24) is 15.3 Å². The fourth-order valence-corrected chi connectivity index (χ4v) is 4.58. The van der Waals surface area contributed by atoms with Gasteiger partial charge in [0, 0.05) is 31.5 Å². The van der Waals surface area contributed by atoms with Crippen molar-refractivity contribution in [2.45, 2.75) is 90.1 Å². The number of rotatable bonds is 9. The van der Waals surface area contributed by atoms with Crippen LogP contribution in [-0.2, 0) is 25.6 Å². The maximum atomic E-state index is 12.5. The maximum absolute atomic E-state index is 12.5. The molecule has 0 heterocycles. The molecule has 0 spiro atoms. The SMILES string of the molecule is CN(OC(=O)CC(C)(C)C)C(=O)CCCC(=O)NC1CCC(Cc2ccccc2)(N(C)C)CC1. The first-order chi connectivity index (χ1) is 15.9. The second-order valence-corrected chi connectivity index (χ2v) is 11.1. The van der Waals surface area contributed by atoms with Gasteiger partial charge >= 0.3 is 5.97 Å². The van der Waals surface area contributed by atoms with Crippen LogP contribution >= 0.6 is 0 Å². The number of nitrogens with zero attached hydrogens (tertiary/aromatic N) is 2. The minimum Gasteiger partial charge on any atom is -0.353 e. The van der Waals surface area contributed by atoms with Gasteiger partial charge in [0.1, 0.15) is 0 Å². The third-order valence-electron chi connectivity index (χ3n) is 6.67. The van der Waals surface area contributed by atoms with E-state index in [0.717, 1.165) is 37.2 Å². The lowest BCUT2D eigenvalue weighted by Crippen LogP contribution is -2.52. The molecule has 0 unspecified atom stereocenters. The lowest BCUT2D eigenvalue weighted by molar-refractivity contribution is -0.194. The van der Waals surface area contributed by atoms with Gasteiger partial charge in [0.2, 0.25) is 5.91 Å². The van der Waals surface area contributed by atoms with Gasteiger partial charge in [0.25, 0.3) is 5.91 Å². The quantitative estimate of drug-likeness (QED) is 0.546. The van der Waals surface area contributed by atoms with Crippen molar-refractivity contribution in [2.75, 3.05) is 21.1 Å². The van der Waals surface area contributed by atoms with Crippen molar-refractivity contribution in [3.63, 3.8) is 0 Å². The van der Waals surface area contributed by atoms with Crippen LogP contribution in [0.4, 0.5) is 0 Å². The standard InChI is InChI=1S/C27H43N3O4/c1-26(2,3)20-25(33)34-30(6)24(32)14-10-13-23(31)28-22-15-17-27(18-16-22,29(4)5)19-21-11-8-7-9-12-21/h7-9,11-12,22H,10,13-20H2,1-6H3,(H,28,31). The lowest BCUT2D eigenvalue weighted by atomic mass is 9.75. The van der Waals surface area contributed by atoms with Gasteiger partial charge in [-0.15, -0.1) is 0 Å². The Morgan fingerprint density at radius 1 is 1.03 bits per heavy atom. The summed E-state index contributed by atoms with van der Waals surface area (Å²) in [6, 6.07) is 10.8. The first-order valence-corrected chi connectivity index (χ1v) is 12.4. The Bertz CT molecular complexity index is 809. The summed E-state index contributed by atoms with van der Waals surface area (Å²) in [4.78, 5) is 44.0. The van der Waals surface area contributed by atoms with Gasteiger partial charge in [-0.1, -0.05) is 51.1 Å². The van der Waals surface area contributed by atoms with Crippen molar-refractivity contribution in [2.24, 2.45) is 5.41 Å². The van der Waals surface area contributed by atoms with E-state index in [4.69, 9.17) is 4.84 Å². The average molecular weight is 474 g/mol. The maximum Gasteiger partial charge on any atom is 0.333 e. The Kier molecular flexibility index (Phi) is 10.1. The topological polar surface area (TPSA) is 78.9 Å². The number of hydrogen-bond acceptors (Lipinski definition) is 5. The van der Waals surface area contributed by atoms with Gasteiger partial charge in [0.05, 0.1) is 6.42 Å². The van der Waals surface area contributed by atoms with Crippen LogP contribution in [0.5, 0.6) is 0 Å². The van der Waals surface area contributed by atoms with E-state index in [0.29, 0.717) is 6.42 Å². The normalized spacial score (nSPS) is 20.6. The molecule has 2 amide bonds. The van der Waals surface area contributed by atoms with Gasteiger partial charge in [-0.25, -0.2) is 4.79 Å². The van der Waals surface area contributed by atoms with Gasteiger partial charge in [-0.2, -0.15) is 5.06 Å². The fraction of sp³-hybridized carbons (Fsp3) is 0.667. The number of amides is 2. The van der Waals surface area contributed by atoms with Crippen LogP contribution in [0.1, 0.15) is 77.7 Å². The summed E-state index contributed by atoms with van der Waals surface area (Å²) < 4.78 is 0. The van der Waals surface area contributed by atoms with Gasteiger partial charge < -0.3 is 15.1 Å². The molecule has 1 saturated carbocycles. The van der Waals surface area contributed by atoms with Crippen LogP contribution in [0, 0.1) is 5.41 Å². The zero-order chi connectivity index (χ0) is 25.4. The molecular weight excluding hydrogens is 430 g/mol. The molecule has 0 radical (unpaired) electrons. The molecule has 34 heavy (non-hydrogen) atoms. The zero-order valence-corrected chi connectivity index (χ0v) is 21.9. The van der Waals surface area contributed by atoms with Crippen molar-refractivity contribution in [3.05, 3.63) is 35.9 Å². The largest absolute Gasteiger partial charge is 0.353 e. The number of hydrogen-bond donors (Lipinski definition) is 1. The summed E-state index contributed by atoms with van der Waals surface area (Å²) in [6.45, 7) is 5.81. The molecule has 1 aromatic carbocycles. The number of nitrogens with one attached hydrogen (secondary N) is 1. The molecule has 1 aliphatic rings. The van der Waals surface area contributed by atoms with Gasteiger partial charge in [0.15, 0.2) is 0 Å². The molecule has 0 atom stereocenters. The summed E-state index contributed by atoms with van der Waals surface area (Å²) in [5, 5.41) is 4.14. The van der Waals surface area contributed by atoms with Crippen molar-refractivity contribution in [3.8, 4) is 0 Å². The molecule has 0 saturated heterocycles. The van der Waals surface area contributed by atoms with E-state index in [-0.39, 0.29) is 48.1 Å². The highest BCUT2D eigenvalue weighted by molar-refractivity contribution is 5.79. The minimum atomic E-state index is -0.431. The Hall–Kier alpha value is -2.41. The molecule has 1 fully saturated rings. The Labute approximate surface area is 205 Å². The van der Waals surface area contributed by atoms with Crippen molar-refractivity contribution in [1.29, 1.82) is 0 Å². The first-order valence-electron chi connectivity index (χ1n) is 12.4. The second-order valence-electron chi connectivity index (χ2n) is 11.1. The van der Waals surface area contributed by atoms with E-state index >= 15 is 0 Å². The zero-order valence-electron chi connectivity index (χ0n) is 21.9. The molecule has 0 aliphatic heterocycles. The number of benzene rings is 1. The Balaban J connectivity index is 1.72. The molecule has 1 aromatic rings. The Morgan fingerprint density at radius 3 is 2.21 bits per heavy atom. The molecule has 7 heteroatoms. The highest BCUT2D eigenvalue weighted by Crippen LogP contribution is 2.35. The van der Waals surface area contributed by atoms with Gasteiger partial charge in [-0.3, -0.25) is 9.59 Å². The summed E-state index contributed by atoms with van der Waals surface area (Å²) in [5.74, 6) is -0.755. The second kappa shape index (κ2) is 12.3. The number of carbonyl (C=O) groups is 3. The van der Waals surface area contributed by atoms with E-state index in [1.165, 1.54) is 12.6 Å². The summed E-state index contributed by atoms with van der Waals surface area (Å²) in [6.07, 6.45) is 6.07. The highest BCUT2D eigenvalue weighted by atomic mass is 16.7. The van der Waals surface area contributed by atoms with Crippen LogP contribution in [0.25, 0.3) is 0 Å². The highest BCUT2D eigenvalue weighted by Gasteiger charge is 2.37. The third-order valence-corrected chi connectivity index (χ3v) is 6.67. The molecule has 1 N–H and O–H groups in total. The first kappa shape index (κ1) is 27.8. The predicted molar refractivity (Wildman–Crippen MR) is 134 cm³/mol. The fourth-order valence-electron chi connectivity index (χ4n) is 4.58. The van der Waals surface area contributed by atoms with Crippen LogP contribution in [0.2, 0.25) is 0 Å². The summed E-state index contributed by atoms with van der Waals surface area (Å²) >= 11 is 0. The summed E-state index contributed by atoms with van der Waals surface area (Å²) in [5.41, 5.74) is 1.26. The van der Waals surface area contributed by atoms with Gasteiger partial charge in [-0.05, 0) is 63.6 Å². The van der Waals surface area contributed by atoms with Crippen LogP contribution < -0.4 is 5.32 Å². The molecule has 190 valence electrons. The molecule has 0 aromatic heterocycles.